The van der Waals surface area contributed by atoms with Crippen LogP contribution in [0, 0.1) is 17.2 Å². The van der Waals surface area contributed by atoms with E-state index in [1.165, 1.54) is 11.8 Å². The summed E-state index contributed by atoms with van der Waals surface area (Å²) in [5.41, 5.74) is 0.977. The first-order valence-electron chi connectivity index (χ1n) is 8.59. The largest absolute Gasteiger partial charge is 0.452 e. The van der Waals surface area contributed by atoms with Crippen LogP contribution in [0.3, 0.4) is 0 Å². The fourth-order valence-electron chi connectivity index (χ4n) is 2.26. The van der Waals surface area contributed by atoms with Gasteiger partial charge in [0, 0.05) is 18.2 Å². The summed E-state index contributed by atoms with van der Waals surface area (Å²) in [6.07, 6.45) is 3.77. The normalized spacial score (nSPS) is 13.0. The van der Waals surface area contributed by atoms with Crippen LogP contribution in [0.2, 0.25) is 0 Å². The molecule has 2 N–H and O–H groups in total. The molecule has 0 bridgehead atoms. The number of carbonyl (C=O) groups is 3. The van der Waals surface area contributed by atoms with Crippen molar-refractivity contribution in [3.8, 4) is 6.07 Å². The summed E-state index contributed by atoms with van der Waals surface area (Å²) in [6, 6.07) is 2.90. The van der Waals surface area contributed by atoms with Gasteiger partial charge in [-0.3, -0.25) is 10.1 Å². The minimum absolute atomic E-state index is 0.0933. The molecule has 1 aromatic rings. The van der Waals surface area contributed by atoms with E-state index in [0.29, 0.717) is 17.5 Å². The summed E-state index contributed by atoms with van der Waals surface area (Å²) in [6.45, 7) is 3.64. The van der Waals surface area contributed by atoms with Crippen LogP contribution in [0.1, 0.15) is 54.2 Å². The topological polar surface area (TPSA) is 121 Å². The average Bonchev–Trinajstić information content (AvgIpc) is 3.48. The van der Waals surface area contributed by atoms with Gasteiger partial charge in [-0.15, -0.1) is 11.8 Å². The minimum atomic E-state index is -0.788. The zero-order valence-electron chi connectivity index (χ0n) is 15.5. The van der Waals surface area contributed by atoms with Crippen molar-refractivity contribution >= 4 is 29.7 Å². The Kier molecular flexibility index (Phi) is 7.19. The number of esters is 1. The van der Waals surface area contributed by atoms with Crippen molar-refractivity contribution in [2.45, 2.75) is 37.6 Å². The number of ether oxygens (including phenoxy) is 1. The van der Waals surface area contributed by atoms with Crippen molar-refractivity contribution < 1.29 is 19.1 Å². The molecule has 144 valence electrons. The fourth-order valence-corrected chi connectivity index (χ4v) is 2.81. The number of hydrogen-bond acceptors (Lipinski definition) is 7. The number of urea groups is 1. The summed E-state index contributed by atoms with van der Waals surface area (Å²) in [7, 11) is 0. The maximum atomic E-state index is 12.4. The van der Waals surface area contributed by atoms with Gasteiger partial charge in [0.05, 0.1) is 11.1 Å². The highest BCUT2D eigenvalue weighted by Gasteiger charge is 2.29. The van der Waals surface area contributed by atoms with Crippen LogP contribution in [0.25, 0.3) is 0 Å². The van der Waals surface area contributed by atoms with E-state index in [2.05, 4.69) is 15.6 Å². The number of hydrogen-bond donors (Lipinski definition) is 2. The standard InChI is InChI=1S/C18H22N4O4S/c1-10(2)8-20-18(25)22-15(23)9-26-17(24)12-6-14(11-4-5-11)21-16(27-3)13(12)7-19/h6,10-11H,4-5,8-9H2,1-3H3,(H2,20,22,23,25). The van der Waals surface area contributed by atoms with Crippen LogP contribution in [0.4, 0.5) is 4.79 Å². The van der Waals surface area contributed by atoms with E-state index < -0.39 is 24.5 Å². The quantitative estimate of drug-likeness (QED) is 0.540. The van der Waals surface area contributed by atoms with E-state index in [4.69, 9.17) is 4.74 Å². The maximum Gasteiger partial charge on any atom is 0.340 e. The lowest BCUT2D eigenvalue weighted by molar-refractivity contribution is -0.123. The highest BCUT2D eigenvalue weighted by Crippen LogP contribution is 2.40. The molecule has 0 spiro atoms. The van der Waals surface area contributed by atoms with Crippen LogP contribution in [-0.2, 0) is 9.53 Å². The van der Waals surface area contributed by atoms with Gasteiger partial charge in [0.25, 0.3) is 5.91 Å². The van der Waals surface area contributed by atoms with Crippen molar-refractivity contribution in [3.63, 3.8) is 0 Å². The van der Waals surface area contributed by atoms with Gasteiger partial charge in [0.1, 0.15) is 11.1 Å². The highest BCUT2D eigenvalue weighted by atomic mass is 32.2. The van der Waals surface area contributed by atoms with Gasteiger partial charge < -0.3 is 10.1 Å². The molecule has 8 nitrogen and oxygen atoms in total. The first kappa shape index (κ1) is 20.7. The molecule has 2 rings (SSSR count). The molecule has 9 heteroatoms. The van der Waals surface area contributed by atoms with E-state index in [0.717, 1.165) is 18.5 Å². The maximum absolute atomic E-state index is 12.4. The lowest BCUT2D eigenvalue weighted by Gasteiger charge is -2.11. The Morgan fingerprint density at radius 1 is 1.41 bits per heavy atom. The van der Waals surface area contributed by atoms with E-state index in [1.54, 1.807) is 12.3 Å². The van der Waals surface area contributed by atoms with E-state index >= 15 is 0 Å². The summed E-state index contributed by atoms with van der Waals surface area (Å²) in [4.78, 5) is 40.2. The zero-order valence-corrected chi connectivity index (χ0v) is 16.3. The molecule has 0 aliphatic heterocycles. The first-order valence-corrected chi connectivity index (χ1v) is 9.82. The monoisotopic (exact) mass is 390 g/mol. The summed E-state index contributed by atoms with van der Waals surface area (Å²) in [5.74, 6) is -0.997. The van der Waals surface area contributed by atoms with Crippen LogP contribution >= 0.6 is 11.8 Å². The SMILES string of the molecule is CSc1nc(C2CC2)cc(C(=O)OCC(=O)NC(=O)NCC(C)C)c1C#N. The second-order valence-electron chi connectivity index (χ2n) is 6.59. The number of aromatic nitrogens is 1. The second kappa shape index (κ2) is 9.37. The molecule has 1 saturated carbocycles. The van der Waals surface area contributed by atoms with Crippen LogP contribution in [0.15, 0.2) is 11.1 Å². The van der Waals surface area contributed by atoms with Crippen molar-refractivity contribution in [1.82, 2.24) is 15.6 Å². The number of nitrogens with zero attached hydrogens (tertiary/aromatic N) is 2. The molecule has 1 heterocycles. The Labute approximate surface area is 162 Å². The van der Waals surface area contributed by atoms with Gasteiger partial charge in [-0.2, -0.15) is 5.26 Å². The molecule has 0 radical (unpaired) electrons. The number of rotatable bonds is 7. The number of carbonyl (C=O) groups excluding carboxylic acids is 3. The number of thioether (sulfide) groups is 1. The molecule has 1 aromatic heterocycles. The van der Waals surface area contributed by atoms with Crippen molar-refractivity contribution in [3.05, 3.63) is 22.9 Å². The molecule has 1 fully saturated rings. The van der Waals surface area contributed by atoms with Gasteiger partial charge in [0.2, 0.25) is 0 Å². The smallest absolute Gasteiger partial charge is 0.340 e. The summed E-state index contributed by atoms with van der Waals surface area (Å²) >= 11 is 1.28. The van der Waals surface area contributed by atoms with E-state index in [9.17, 15) is 19.6 Å². The van der Waals surface area contributed by atoms with E-state index in [1.807, 2.05) is 19.9 Å². The van der Waals surface area contributed by atoms with Crippen molar-refractivity contribution in [2.24, 2.45) is 5.92 Å². The van der Waals surface area contributed by atoms with Gasteiger partial charge >= 0.3 is 12.0 Å². The van der Waals surface area contributed by atoms with Gasteiger partial charge in [-0.25, -0.2) is 14.6 Å². The summed E-state index contributed by atoms with van der Waals surface area (Å²) < 4.78 is 4.99. The first-order chi connectivity index (χ1) is 12.8. The molecular weight excluding hydrogens is 368 g/mol. The Bertz CT molecular complexity index is 784. The Balaban J connectivity index is 2.01. The van der Waals surface area contributed by atoms with Crippen LogP contribution < -0.4 is 10.6 Å². The van der Waals surface area contributed by atoms with Gasteiger partial charge in [-0.05, 0) is 31.1 Å². The molecule has 0 saturated heterocycles. The molecule has 0 aromatic carbocycles. The highest BCUT2D eigenvalue weighted by molar-refractivity contribution is 7.98. The van der Waals surface area contributed by atoms with Gasteiger partial charge in [0.15, 0.2) is 6.61 Å². The molecule has 1 aliphatic carbocycles. The molecule has 0 atom stereocenters. The molecule has 1 aliphatic rings. The van der Waals surface area contributed by atoms with Gasteiger partial charge in [-0.1, -0.05) is 13.8 Å². The number of pyridine rings is 1. The number of imide groups is 1. The third-order valence-corrected chi connectivity index (χ3v) is 4.47. The average molecular weight is 390 g/mol. The molecule has 27 heavy (non-hydrogen) atoms. The van der Waals surface area contributed by atoms with E-state index in [-0.39, 0.29) is 17.0 Å². The second-order valence-corrected chi connectivity index (χ2v) is 7.39. The van der Waals surface area contributed by atoms with Crippen molar-refractivity contribution in [2.75, 3.05) is 19.4 Å². The number of nitrogens with one attached hydrogen (secondary N) is 2. The Hall–Kier alpha value is -2.60. The zero-order chi connectivity index (χ0) is 20.0. The van der Waals surface area contributed by atoms with Crippen LogP contribution in [-0.4, -0.2) is 42.3 Å². The lowest BCUT2D eigenvalue weighted by Crippen LogP contribution is -2.42. The fraction of sp³-hybridized carbons (Fsp3) is 0.500. The lowest BCUT2D eigenvalue weighted by atomic mass is 10.1. The van der Waals surface area contributed by atoms with Crippen molar-refractivity contribution in [1.29, 1.82) is 5.26 Å². The minimum Gasteiger partial charge on any atom is -0.452 e. The Morgan fingerprint density at radius 3 is 2.67 bits per heavy atom. The Morgan fingerprint density at radius 2 is 2.11 bits per heavy atom. The third kappa shape index (κ3) is 5.96. The predicted molar refractivity (Wildman–Crippen MR) is 99.4 cm³/mol. The molecule has 3 amide bonds. The molecular formula is C18H22N4O4S. The summed E-state index contributed by atoms with van der Waals surface area (Å²) in [5, 5.41) is 14.5. The third-order valence-electron chi connectivity index (χ3n) is 3.78. The number of amides is 3. The predicted octanol–water partition coefficient (Wildman–Crippen LogP) is 2.19. The number of nitriles is 1. The van der Waals surface area contributed by atoms with Crippen LogP contribution in [0.5, 0.6) is 0 Å². The molecule has 0 unspecified atom stereocenters.